The molecule has 0 amide bonds. The molecule has 0 aliphatic rings. The van der Waals surface area contributed by atoms with Gasteiger partial charge in [0.15, 0.2) is 5.76 Å². The maximum atomic E-state index is 12.4. The monoisotopic (exact) mass is 255 g/mol. The first kappa shape index (κ1) is 11.6. The smallest absolute Gasteiger partial charge is 0.230 e. The number of furan rings is 1. The topological polar surface area (TPSA) is 55.2 Å². The van der Waals surface area contributed by atoms with Crippen LogP contribution in [0.4, 0.5) is 0 Å². The fourth-order valence-electron chi connectivity index (χ4n) is 2.15. The van der Waals surface area contributed by atoms with Crippen molar-refractivity contribution in [2.75, 3.05) is 6.61 Å². The number of fused-ring (bicyclic) bond motifs is 1. The van der Waals surface area contributed by atoms with Gasteiger partial charge in [-0.1, -0.05) is 6.07 Å². The first-order valence-corrected chi connectivity index (χ1v) is 6.12. The largest absolute Gasteiger partial charge is 0.493 e. The van der Waals surface area contributed by atoms with Gasteiger partial charge in [0.2, 0.25) is 5.78 Å². The molecule has 0 radical (unpaired) electrons. The van der Waals surface area contributed by atoms with E-state index in [2.05, 4.69) is 4.98 Å². The maximum absolute atomic E-state index is 12.4. The normalized spacial score (nSPS) is 10.8. The number of aromatic nitrogens is 1. The summed E-state index contributed by atoms with van der Waals surface area (Å²) in [6, 6.07) is 9.02. The Morgan fingerprint density at radius 2 is 2.21 bits per heavy atom. The van der Waals surface area contributed by atoms with Gasteiger partial charge in [-0.15, -0.1) is 0 Å². The summed E-state index contributed by atoms with van der Waals surface area (Å²) in [4.78, 5) is 15.5. The minimum Gasteiger partial charge on any atom is -0.493 e. The molecule has 0 fully saturated rings. The number of carbonyl (C=O) groups is 1. The van der Waals surface area contributed by atoms with E-state index in [1.807, 2.05) is 25.1 Å². The van der Waals surface area contributed by atoms with Gasteiger partial charge in [0.05, 0.1) is 23.8 Å². The summed E-state index contributed by atoms with van der Waals surface area (Å²) in [5, 5.41) is 0.797. The molecule has 1 aromatic carbocycles. The van der Waals surface area contributed by atoms with E-state index in [4.69, 9.17) is 9.15 Å². The molecule has 96 valence electrons. The zero-order valence-electron chi connectivity index (χ0n) is 10.5. The fraction of sp³-hybridized carbons (Fsp3) is 0.133. The lowest BCUT2D eigenvalue weighted by Crippen LogP contribution is -2.00. The second-order valence-electron chi connectivity index (χ2n) is 4.12. The predicted molar refractivity (Wildman–Crippen MR) is 71.6 cm³/mol. The molecule has 4 heteroatoms. The molecule has 0 saturated carbocycles. The molecule has 0 atom stereocenters. The third-order valence-electron chi connectivity index (χ3n) is 2.96. The number of hydrogen-bond donors (Lipinski definition) is 1. The summed E-state index contributed by atoms with van der Waals surface area (Å²) < 4.78 is 10.7. The summed E-state index contributed by atoms with van der Waals surface area (Å²) in [6.45, 7) is 2.47. The van der Waals surface area contributed by atoms with Gasteiger partial charge in [0.1, 0.15) is 5.75 Å². The van der Waals surface area contributed by atoms with E-state index in [0.717, 1.165) is 10.9 Å². The number of H-pyrrole nitrogens is 1. The van der Waals surface area contributed by atoms with Gasteiger partial charge < -0.3 is 14.1 Å². The van der Waals surface area contributed by atoms with E-state index < -0.39 is 0 Å². The number of ketones is 1. The van der Waals surface area contributed by atoms with E-state index in [1.54, 1.807) is 18.3 Å². The van der Waals surface area contributed by atoms with Crippen molar-refractivity contribution in [2.24, 2.45) is 0 Å². The van der Waals surface area contributed by atoms with Crippen molar-refractivity contribution in [1.29, 1.82) is 0 Å². The summed E-state index contributed by atoms with van der Waals surface area (Å²) in [7, 11) is 0. The highest BCUT2D eigenvalue weighted by Crippen LogP contribution is 2.30. The van der Waals surface area contributed by atoms with Crippen molar-refractivity contribution < 1.29 is 13.9 Å². The van der Waals surface area contributed by atoms with Crippen molar-refractivity contribution in [3.63, 3.8) is 0 Å². The van der Waals surface area contributed by atoms with E-state index in [0.29, 0.717) is 23.7 Å². The van der Waals surface area contributed by atoms with Crippen LogP contribution in [-0.2, 0) is 0 Å². The van der Waals surface area contributed by atoms with Crippen LogP contribution in [-0.4, -0.2) is 17.4 Å². The quantitative estimate of drug-likeness (QED) is 0.727. The Kier molecular flexibility index (Phi) is 2.83. The molecule has 0 saturated heterocycles. The van der Waals surface area contributed by atoms with Crippen molar-refractivity contribution >= 4 is 16.7 Å². The number of hydrogen-bond acceptors (Lipinski definition) is 3. The highest BCUT2D eigenvalue weighted by Gasteiger charge is 2.19. The Morgan fingerprint density at radius 1 is 1.32 bits per heavy atom. The third kappa shape index (κ3) is 1.91. The minimum absolute atomic E-state index is 0.150. The predicted octanol–water partition coefficient (Wildman–Crippen LogP) is 3.39. The van der Waals surface area contributed by atoms with Crippen LogP contribution in [0.2, 0.25) is 0 Å². The van der Waals surface area contributed by atoms with Crippen LogP contribution in [0.1, 0.15) is 23.0 Å². The van der Waals surface area contributed by atoms with Gasteiger partial charge in [-0.3, -0.25) is 4.79 Å². The van der Waals surface area contributed by atoms with Crippen LogP contribution < -0.4 is 4.74 Å². The summed E-state index contributed by atoms with van der Waals surface area (Å²) in [6.07, 6.45) is 3.18. The van der Waals surface area contributed by atoms with Gasteiger partial charge in [0, 0.05) is 11.7 Å². The first-order valence-electron chi connectivity index (χ1n) is 6.12. The van der Waals surface area contributed by atoms with Gasteiger partial charge >= 0.3 is 0 Å². The summed E-state index contributed by atoms with van der Waals surface area (Å²) in [5.74, 6) is 0.881. The SMILES string of the molecule is CCOc1cccc2[nH]cc(C(=O)c3ccco3)c12. The van der Waals surface area contributed by atoms with Crippen molar-refractivity contribution in [3.05, 3.63) is 54.1 Å². The molecule has 0 aliphatic carbocycles. The number of benzene rings is 1. The van der Waals surface area contributed by atoms with Gasteiger partial charge in [-0.2, -0.15) is 0 Å². The second-order valence-corrected chi connectivity index (χ2v) is 4.12. The molecule has 0 aliphatic heterocycles. The molecule has 2 heterocycles. The minimum atomic E-state index is -0.150. The van der Waals surface area contributed by atoms with Crippen LogP contribution in [0.5, 0.6) is 5.75 Å². The number of nitrogens with one attached hydrogen (secondary N) is 1. The zero-order valence-corrected chi connectivity index (χ0v) is 10.5. The van der Waals surface area contributed by atoms with Gasteiger partial charge in [-0.05, 0) is 31.2 Å². The van der Waals surface area contributed by atoms with Gasteiger partial charge in [0.25, 0.3) is 0 Å². The molecule has 3 aromatic rings. The second kappa shape index (κ2) is 4.65. The van der Waals surface area contributed by atoms with Crippen LogP contribution in [0, 0.1) is 0 Å². The standard InChI is InChI=1S/C15H13NO3/c1-2-18-12-6-3-5-11-14(12)10(9-16-11)15(17)13-7-4-8-19-13/h3-9,16H,2H2,1H3. The van der Waals surface area contributed by atoms with E-state index in [-0.39, 0.29) is 5.78 Å². The number of ether oxygens (including phenoxy) is 1. The molecule has 3 rings (SSSR count). The Balaban J connectivity index is 2.16. The highest BCUT2D eigenvalue weighted by atomic mass is 16.5. The Bertz CT molecular complexity index is 710. The lowest BCUT2D eigenvalue weighted by Gasteiger charge is -2.05. The highest BCUT2D eigenvalue weighted by molar-refractivity contribution is 6.16. The average Bonchev–Trinajstić information content (AvgIpc) is 3.08. The Labute approximate surface area is 110 Å². The summed E-state index contributed by atoms with van der Waals surface area (Å²) in [5.41, 5.74) is 1.44. The lowest BCUT2D eigenvalue weighted by atomic mass is 10.1. The molecule has 0 bridgehead atoms. The average molecular weight is 255 g/mol. The molecular weight excluding hydrogens is 242 g/mol. The van der Waals surface area contributed by atoms with E-state index in [1.165, 1.54) is 6.26 Å². The fourth-order valence-corrected chi connectivity index (χ4v) is 2.15. The molecule has 19 heavy (non-hydrogen) atoms. The van der Waals surface area contributed by atoms with E-state index in [9.17, 15) is 4.79 Å². The third-order valence-corrected chi connectivity index (χ3v) is 2.96. The molecule has 1 N–H and O–H groups in total. The Morgan fingerprint density at radius 3 is 2.95 bits per heavy atom. The number of rotatable bonds is 4. The lowest BCUT2D eigenvalue weighted by molar-refractivity contribution is 0.101. The number of aromatic amines is 1. The number of carbonyl (C=O) groups excluding carboxylic acids is 1. The van der Waals surface area contributed by atoms with Crippen LogP contribution >= 0.6 is 0 Å². The maximum Gasteiger partial charge on any atom is 0.230 e. The van der Waals surface area contributed by atoms with Crippen molar-refractivity contribution in [2.45, 2.75) is 6.92 Å². The molecular formula is C15H13NO3. The first-order chi connectivity index (χ1) is 9.31. The molecule has 0 unspecified atom stereocenters. The molecule has 0 spiro atoms. The van der Waals surface area contributed by atoms with Crippen molar-refractivity contribution in [1.82, 2.24) is 4.98 Å². The Hall–Kier alpha value is -2.49. The van der Waals surface area contributed by atoms with Crippen LogP contribution in [0.3, 0.4) is 0 Å². The van der Waals surface area contributed by atoms with Gasteiger partial charge in [-0.25, -0.2) is 0 Å². The van der Waals surface area contributed by atoms with Crippen LogP contribution in [0.25, 0.3) is 10.9 Å². The molecule has 4 nitrogen and oxygen atoms in total. The summed E-state index contributed by atoms with van der Waals surface area (Å²) >= 11 is 0. The van der Waals surface area contributed by atoms with Crippen molar-refractivity contribution in [3.8, 4) is 5.75 Å². The molecule has 2 aromatic heterocycles. The van der Waals surface area contributed by atoms with E-state index >= 15 is 0 Å². The zero-order chi connectivity index (χ0) is 13.2. The van der Waals surface area contributed by atoms with Crippen LogP contribution in [0.15, 0.2) is 47.2 Å².